The fraction of sp³-hybridized carbons (Fsp3) is 0.200. The standard InChI is InChI=1S/C15H16BrNOS/c1-18-15-7-11(5-6-12(15)9-17)10-19-14-4-2-3-13(16)8-14/h2-8H,9-10,17H2,1H3. The van der Waals surface area contributed by atoms with Gasteiger partial charge in [0.2, 0.25) is 0 Å². The van der Waals surface area contributed by atoms with Gasteiger partial charge in [-0.3, -0.25) is 0 Å². The van der Waals surface area contributed by atoms with Gasteiger partial charge >= 0.3 is 0 Å². The minimum absolute atomic E-state index is 0.502. The topological polar surface area (TPSA) is 35.2 Å². The minimum atomic E-state index is 0.502. The first-order valence-electron chi connectivity index (χ1n) is 5.97. The lowest BCUT2D eigenvalue weighted by Crippen LogP contribution is -2.00. The average molecular weight is 338 g/mol. The van der Waals surface area contributed by atoms with Gasteiger partial charge in [0.1, 0.15) is 5.75 Å². The predicted octanol–water partition coefficient (Wildman–Crippen LogP) is 4.21. The van der Waals surface area contributed by atoms with Gasteiger partial charge in [0.25, 0.3) is 0 Å². The van der Waals surface area contributed by atoms with Crippen molar-refractivity contribution in [1.29, 1.82) is 0 Å². The molecule has 0 aliphatic heterocycles. The number of hydrogen-bond donors (Lipinski definition) is 1. The Kier molecular flexibility index (Phi) is 5.31. The second kappa shape index (κ2) is 6.98. The molecule has 0 aliphatic carbocycles. The van der Waals surface area contributed by atoms with Crippen LogP contribution in [0.2, 0.25) is 0 Å². The van der Waals surface area contributed by atoms with Crippen molar-refractivity contribution in [2.24, 2.45) is 5.73 Å². The third kappa shape index (κ3) is 4.00. The highest BCUT2D eigenvalue weighted by Gasteiger charge is 2.04. The molecule has 2 N–H and O–H groups in total. The summed E-state index contributed by atoms with van der Waals surface area (Å²) in [6.45, 7) is 0.502. The van der Waals surface area contributed by atoms with Crippen LogP contribution in [0.1, 0.15) is 11.1 Å². The van der Waals surface area contributed by atoms with Crippen LogP contribution in [0.3, 0.4) is 0 Å². The van der Waals surface area contributed by atoms with Crippen molar-refractivity contribution >= 4 is 27.7 Å². The van der Waals surface area contributed by atoms with Crippen LogP contribution in [-0.4, -0.2) is 7.11 Å². The molecule has 0 spiro atoms. The first-order valence-corrected chi connectivity index (χ1v) is 7.75. The van der Waals surface area contributed by atoms with Gasteiger partial charge in [-0.1, -0.05) is 34.1 Å². The summed E-state index contributed by atoms with van der Waals surface area (Å²) in [6.07, 6.45) is 0. The molecule has 0 aromatic heterocycles. The van der Waals surface area contributed by atoms with E-state index in [4.69, 9.17) is 10.5 Å². The van der Waals surface area contributed by atoms with E-state index in [1.165, 1.54) is 10.5 Å². The van der Waals surface area contributed by atoms with Crippen molar-refractivity contribution in [3.8, 4) is 5.75 Å². The Morgan fingerprint density at radius 2 is 2.05 bits per heavy atom. The Morgan fingerprint density at radius 1 is 1.21 bits per heavy atom. The number of thioether (sulfide) groups is 1. The molecule has 2 nitrogen and oxygen atoms in total. The second-order valence-electron chi connectivity index (χ2n) is 4.10. The number of rotatable bonds is 5. The number of methoxy groups -OCH3 is 1. The van der Waals surface area contributed by atoms with E-state index in [9.17, 15) is 0 Å². The normalized spacial score (nSPS) is 10.5. The van der Waals surface area contributed by atoms with Crippen molar-refractivity contribution in [2.45, 2.75) is 17.2 Å². The van der Waals surface area contributed by atoms with E-state index in [1.807, 2.05) is 18.2 Å². The van der Waals surface area contributed by atoms with Crippen molar-refractivity contribution in [2.75, 3.05) is 7.11 Å². The maximum atomic E-state index is 5.67. The molecule has 0 atom stereocenters. The van der Waals surface area contributed by atoms with Crippen molar-refractivity contribution in [3.05, 3.63) is 58.1 Å². The molecular weight excluding hydrogens is 322 g/mol. The molecule has 0 bridgehead atoms. The van der Waals surface area contributed by atoms with Gasteiger partial charge in [-0.2, -0.15) is 0 Å². The van der Waals surface area contributed by atoms with Crippen molar-refractivity contribution < 1.29 is 4.74 Å². The summed E-state index contributed by atoms with van der Waals surface area (Å²) >= 11 is 5.29. The van der Waals surface area contributed by atoms with Gasteiger partial charge in [-0.25, -0.2) is 0 Å². The van der Waals surface area contributed by atoms with E-state index in [1.54, 1.807) is 18.9 Å². The molecule has 0 aliphatic rings. The molecule has 0 saturated heterocycles. The molecule has 2 aromatic carbocycles. The van der Waals surface area contributed by atoms with Crippen LogP contribution in [0.4, 0.5) is 0 Å². The summed E-state index contributed by atoms with van der Waals surface area (Å²) in [5, 5.41) is 0. The smallest absolute Gasteiger partial charge is 0.123 e. The maximum absolute atomic E-state index is 5.67. The highest BCUT2D eigenvalue weighted by Crippen LogP contribution is 2.28. The number of ether oxygens (including phenoxy) is 1. The van der Waals surface area contributed by atoms with Crippen molar-refractivity contribution in [1.82, 2.24) is 0 Å². The molecule has 0 fully saturated rings. The van der Waals surface area contributed by atoms with E-state index in [0.29, 0.717) is 6.54 Å². The first-order chi connectivity index (χ1) is 9.22. The van der Waals surface area contributed by atoms with Gasteiger partial charge in [0.05, 0.1) is 7.11 Å². The van der Waals surface area contributed by atoms with Crippen LogP contribution in [0, 0.1) is 0 Å². The van der Waals surface area contributed by atoms with Crippen LogP contribution < -0.4 is 10.5 Å². The van der Waals surface area contributed by atoms with Gasteiger partial charge in [-0.05, 0) is 29.8 Å². The summed E-state index contributed by atoms with van der Waals surface area (Å²) in [5.41, 5.74) is 7.94. The highest BCUT2D eigenvalue weighted by atomic mass is 79.9. The van der Waals surface area contributed by atoms with E-state index in [2.05, 4.69) is 40.2 Å². The third-order valence-corrected chi connectivity index (χ3v) is 4.33. The summed E-state index contributed by atoms with van der Waals surface area (Å²) in [6, 6.07) is 14.5. The van der Waals surface area contributed by atoms with Gasteiger partial charge in [0.15, 0.2) is 0 Å². The number of benzene rings is 2. The Bertz CT molecular complexity index is 560. The van der Waals surface area contributed by atoms with E-state index < -0.39 is 0 Å². The van der Waals surface area contributed by atoms with Crippen LogP contribution >= 0.6 is 27.7 Å². The molecule has 2 rings (SSSR count). The number of hydrogen-bond acceptors (Lipinski definition) is 3. The fourth-order valence-corrected chi connectivity index (χ4v) is 3.22. The van der Waals surface area contributed by atoms with Crippen LogP contribution in [0.15, 0.2) is 51.8 Å². The SMILES string of the molecule is COc1cc(CSc2cccc(Br)c2)ccc1CN. The molecule has 2 aromatic rings. The molecule has 0 saturated carbocycles. The van der Waals surface area contributed by atoms with E-state index in [-0.39, 0.29) is 0 Å². The lowest BCUT2D eigenvalue weighted by Gasteiger charge is -2.09. The average Bonchev–Trinajstić information content (AvgIpc) is 2.45. The van der Waals surface area contributed by atoms with Crippen molar-refractivity contribution in [3.63, 3.8) is 0 Å². The second-order valence-corrected chi connectivity index (χ2v) is 6.06. The molecule has 100 valence electrons. The largest absolute Gasteiger partial charge is 0.496 e. The molecule has 0 unspecified atom stereocenters. The molecule has 4 heteroatoms. The maximum Gasteiger partial charge on any atom is 0.123 e. The Morgan fingerprint density at radius 3 is 2.74 bits per heavy atom. The van der Waals surface area contributed by atoms with Crippen LogP contribution in [-0.2, 0) is 12.3 Å². The van der Waals surface area contributed by atoms with Gasteiger partial charge < -0.3 is 10.5 Å². The predicted molar refractivity (Wildman–Crippen MR) is 84.6 cm³/mol. The molecule has 0 radical (unpaired) electrons. The van der Waals surface area contributed by atoms with Crippen LogP contribution in [0.25, 0.3) is 0 Å². The zero-order chi connectivity index (χ0) is 13.7. The Labute approximate surface area is 126 Å². The summed E-state index contributed by atoms with van der Waals surface area (Å²) in [4.78, 5) is 1.25. The quantitative estimate of drug-likeness (QED) is 0.830. The zero-order valence-corrected chi connectivity index (χ0v) is 13.1. The van der Waals surface area contributed by atoms with Gasteiger partial charge in [-0.15, -0.1) is 11.8 Å². The molecule has 0 amide bonds. The Balaban J connectivity index is 2.07. The van der Waals surface area contributed by atoms with Crippen LogP contribution in [0.5, 0.6) is 5.75 Å². The summed E-state index contributed by atoms with van der Waals surface area (Å²) in [7, 11) is 1.68. The first kappa shape index (κ1) is 14.4. The fourth-order valence-electron chi connectivity index (χ4n) is 1.77. The monoisotopic (exact) mass is 337 g/mol. The third-order valence-electron chi connectivity index (χ3n) is 2.77. The zero-order valence-electron chi connectivity index (χ0n) is 10.7. The van der Waals surface area contributed by atoms with E-state index >= 15 is 0 Å². The molecular formula is C15H16BrNOS. The number of nitrogens with two attached hydrogens (primary N) is 1. The minimum Gasteiger partial charge on any atom is -0.496 e. The highest BCUT2D eigenvalue weighted by molar-refractivity contribution is 9.10. The lowest BCUT2D eigenvalue weighted by atomic mass is 10.1. The van der Waals surface area contributed by atoms with E-state index in [0.717, 1.165) is 21.5 Å². The number of halogens is 1. The Hall–Kier alpha value is -0.970. The molecule has 0 heterocycles. The molecule has 19 heavy (non-hydrogen) atoms. The van der Waals surface area contributed by atoms with Gasteiger partial charge in [0, 0.05) is 27.2 Å². The lowest BCUT2D eigenvalue weighted by molar-refractivity contribution is 0.409. The summed E-state index contributed by atoms with van der Waals surface area (Å²) in [5.74, 6) is 1.78. The summed E-state index contributed by atoms with van der Waals surface area (Å²) < 4.78 is 6.46.